The van der Waals surface area contributed by atoms with Gasteiger partial charge in [-0.1, -0.05) is 15.9 Å². The average molecular weight is 348 g/mol. The van der Waals surface area contributed by atoms with E-state index in [-0.39, 0.29) is 18.3 Å². The first kappa shape index (κ1) is 12.5. The van der Waals surface area contributed by atoms with E-state index in [2.05, 4.69) is 31.4 Å². The minimum absolute atomic E-state index is 0.129. The van der Waals surface area contributed by atoms with Gasteiger partial charge in [-0.05, 0) is 18.2 Å². The third kappa shape index (κ3) is 1.77. The Kier molecular flexibility index (Phi) is 2.58. The van der Waals surface area contributed by atoms with Crippen LogP contribution in [0.1, 0.15) is 17.0 Å². The van der Waals surface area contributed by atoms with Gasteiger partial charge in [-0.2, -0.15) is 5.10 Å². The zero-order chi connectivity index (χ0) is 14.6. The molecule has 3 N–H and O–H groups in total. The summed E-state index contributed by atoms with van der Waals surface area (Å²) >= 11 is 3.40. The van der Waals surface area contributed by atoms with Crippen molar-refractivity contribution < 1.29 is 14.6 Å². The highest BCUT2D eigenvalue weighted by Gasteiger charge is 2.40. The van der Waals surface area contributed by atoms with Crippen molar-refractivity contribution in [2.45, 2.75) is 5.92 Å². The summed E-state index contributed by atoms with van der Waals surface area (Å²) < 4.78 is 5.95. The SMILES string of the molecule is O=C1OCC2=C1C(c1cc(Br)ccc1O)c1cn[nH]c1N2. The second-order valence-corrected chi connectivity index (χ2v) is 5.85. The Hall–Kier alpha value is -2.28. The minimum atomic E-state index is -0.400. The molecule has 2 aromatic rings. The number of nitrogens with zero attached hydrogens (tertiary/aromatic N) is 1. The second kappa shape index (κ2) is 4.36. The molecule has 0 saturated heterocycles. The number of halogens is 1. The number of aromatic amines is 1. The number of fused-ring (bicyclic) bond motifs is 1. The van der Waals surface area contributed by atoms with E-state index in [1.54, 1.807) is 24.4 Å². The van der Waals surface area contributed by atoms with Crippen LogP contribution in [0.4, 0.5) is 5.82 Å². The zero-order valence-electron chi connectivity index (χ0n) is 10.7. The number of ether oxygens (including phenoxy) is 1. The monoisotopic (exact) mass is 347 g/mol. The molecule has 1 unspecified atom stereocenters. The molecule has 2 aliphatic heterocycles. The molecule has 1 atom stereocenters. The Morgan fingerprint density at radius 2 is 2.24 bits per heavy atom. The second-order valence-electron chi connectivity index (χ2n) is 4.93. The van der Waals surface area contributed by atoms with Gasteiger partial charge in [0.2, 0.25) is 0 Å². The van der Waals surface area contributed by atoms with E-state index in [1.807, 2.05) is 0 Å². The molecule has 1 aromatic heterocycles. The van der Waals surface area contributed by atoms with Crippen LogP contribution in [-0.4, -0.2) is 27.9 Å². The van der Waals surface area contributed by atoms with E-state index in [4.69, 9.17) is 4.74 Å². The highest BCUT2D eigenvalue weighted by Crippen LogP contribution is 2.46. The molecule has 106 valence electrons. The number of hydrogen-bond donors (Lipinski definition) is 3. The Bertz CT molecular complexity index is 797. The summed E-state index contributed by atoms with van der Waals surface area (Å²) in [6.07, 6.45) is 1.66. The molecule has 21 heavy (non-hydrogen) atoms. The number of hydrogen-bond acceptors (Lipinski definition) is 5. The maximum Gasteiger partial charge on any atom is 0.337 e. The lowest BCUT2D eigenvalue weighted by Crippen LogP contribution is -2.19. The molecule has 1 aromatic carbocycles. The van der Waals surface area contributed by atoms with Crippen LogP contribution in [-0.2, 0) is 9.53 Å². The first-order valence-corrected chi connectivity index (χ1v) is 7.13. The number of benzene rings is 1. The van der Waals surface area contributed by atoms with Crippen LogP contribution in [0.5, 0.6) is 5.75 Å². The van der Waals surface area contributed by atoms with E-state index in [1.165, 1.54) is 0 Å². The van der Waals surface area contributed by atoms with Crippen molar-refractivity contribution in [3.8, 4) is 5.75 Å². The molecule has 2 aliphatic rings. The summed E-state index contributed by atoms with van der Waals surface area (Å²) in [6.45, 7) is 0.206. The van der Waals surface area contributed by atoms with Crippen LogP contribution in [0.2, 0.25) is 0 Å². The third-order valence-electron chi connectivity index (χ3n) is 3.74. The van der Waals surface area contributed by atoms with E-state index < -0.39 is 5.92 Å². The number of H-pyrrole nitrogens is 1. The predicted molar refractivity (Wildman–Crippen MR) is 77.8 cm³/mol. The van der Waals surface area contributed by atoms with Crippen LogP contribution >= 0.6 is 15.9 Å². The third-order valence-corrected chi connectivity index (χ3v) is 4.23. The van der Waals surface area contributed by atoms with Gasteiger partial charge in [-0.3, -0.25) is 5.10 Å². The van der Waals surface area contributed by atoms with Crippen molar-refractivity contribution in [2.75, 3.05) is 11.9 Å². The van der Waals surface area contributed by atoms with E-state index in [0.29, 0.717) is 16.8 Å². The van der Waals surface area contributed by atoms with Gasteiger partial charge in [0, 0.05) is 15.6 Å². The Morgan fingerprint density at radius 1 is 1.38 bits per heavy atom. The van der Waals surface area contributed by atoms with Crippen molar-refractivity contribution in [2.24, 2.45) is 0 Å². The fourth-order valence-corrected chi connectivity index (χ4v) is 3.19. The fraction of sp³-hybridized carbons (Fsp3) is 0.143. The molecule has 7 heteroatoms. The lowest BCUT2D eigenvalue weighted by atomic mass is 9.83. The smallest absolute Gasteiger partial charge is 0.337 e. The number of cyclic esters (lactones) is 1. The number of phenols is 1. The van der Waals surface area contributed by atoms with Gasteiger partial charge in [0.15, 0.2) is 0 Å². The number of nitrogens with one attached hydrogen (secondary N) is 2. The molecule has 0 spiro atoms. The Morgan fingerprint density at radius 3 is 3.10 bits per heavy atom. The molecular weight excluding hydrogens is 338 g/mol. The van der Waals surface area contributed by atoms with E-state index >= 15 is 0 Å². The molecule has 6 nitrogen and oxygen atoms in total. The summed E-state index contributed by atoms with van der Waals surface area (Å²) in [5.41, 5.74) is 2.68. The minimum Gasteiger partial charge on any atom is -0.508 e. The molecular formula is C14H10BrN3O3. The lowest BCUT2D eigenvalue weighted by molar-refractivity contribution is -0.136. The van der Waals surface area contributed by atoms with Gasteiger partial charge in [0.25, 0.3) is 0 Å². The molecule has 0 radical (unpaired) electrons. The molecule has 0 saturated carbocycles. The van der Waals surface area contributed by atoms with E-state index in [9.17, 15) is 9.90 Å². The van der Waals surface area contributed by atoms with Crippen LogP contribution in [0, 0.1) is 0 Å². The van der Waals surface area contributed by atoms with Gasteiger partial charge in [0.1, 0.15) is 18.2 Å². The molecule has 0 aliphatic carbocycles. The lowest BCUT2D eigenvalue weighted by Gasteiger charge is -2.24. The Labute approximate surface area is 127 Å². The van der Waals surface area contributed by atoms with Crippen molar-refractivity contribution in [1.82, 2.24) is 10.2 Å². The molecule has 3 heterocycles. The molecule has 0 fully saturated rings. The summed E-state index contributed by atoms with van der Waals surface area (Å²) in [7, 11) is 0. The molecule has 0 bridgehead atoms. The fourth-order valence-electron chi connectivity index (χ4n) is 2.81. The van der Waals surface area contributed by atoms with Crippen LogP contribution in [0.25, 0.3) is 0 Å². The summed E-state index contributed by atoms with van der Waals surface area (Å²) in [6, 6.07) is 5.15. The van der Waals surface area contributed by atoms with Crippen molar-refractivity contribution >= 4 is 27.7 Å². The number of aromatic nitrogens is 2. The Balaban J connectivity index is 1.97. The summed E-state index contributed by atoms with van der Waals surface area (Å²) in [5.74, 6) is 0.0800. The van der Waals surface area contributed by atoms with E-state index in [0.717, 1.165) is 15.9 Å². The zero-order valence-corrected chi connectivity index (χ0v) is 12.3. The quantitative estimate of drug-likeness (QED) is 0.688. The number of phenolic OH excluding ortho intramolecular Hbond substituents is 1. The average Bonchev–Trinajstić information content (AvgIpc) is 3.07. The normalized spacial score (nSPS) is 19.9. The van der Waals surface area contributed by atoms with Gasteiger partial charge >= 0.3 is 5.97 Å². The van der Waals surface area contributed by atoms with Crippen LogP contribution in [0.3, 0.4) is 0 Å². The van der Waals surface area contributed by atoms with Gasteiger partial charge in [-0.15, -0.1) is 0 Å². The van der Waals surface area contributed by atoms with Gasteiger partial charge < -0.3 is 15.2 Å². The number of anilines is 1. The maximum absolute atomic E-state index is 12.1. The number of carbonyl (C=O) groups is 1. The summed E-state index contributed by atoms with van der Waals surface area (Å²) in [4.78, 5) is 12.1. The van der Waals surface area contributed by atoms with Crippen molar-refractivity contribution in [1.29, 1.82) is 0 Å². The predicted octanol–water partition coefficient (Wildman–Crippen LogP) is 2.25. The molecule has 4 rings (SSSR count). The number of aromatic hydroxyl groups is 1. The number of rotatable bonds is 1. The van der Waals surface area contributed by atoms with Gasteiger partial charge in [-0.25, -0.2) is 4.79 Å². The standard InChI is InChI=1S/C14H10BrN3O3/c15-6-1-2-10(19)7(3-6)11-8-4-16-18-13(8)17-9-5-21-14(20)12(9)11/h1-4,11,19H,5H2,(H2,16,17,18). The van der Waals surface area contributed by atoms with Crippen molar-refractivity contribution in [3.63, 3.8) is 0 Å². The topological polar surface area (TPSA) is 87.2 Å². The van der Waals surface area contributed by atoms with Crippen molar-refractivity contribution in [3.05, 3.63) is 51.3 Å². The number of carbonyl (C=O) groups excluding carboxylic acids is 1. The number of esters is 1. The largest absolute Gasteiger partial charge is 0.508 e. The van der Waals surface area contributed by atoms with Gasteiger partial charge in [0.05, 0.1) is 23.4 Å². The molecule has 0 amide bonds. The highest BCUT2D eigenvalue weighted by molar-refractivity contribution is 9.10. The summed E-state index contributed by atoms with van der Waals surface area (Å²) in [5, 5.41) is 20.2. The first-order chi connectivity index (χ1) is 10.1. The maximum atomic E-state index is 12.1. The van der Waals surface area contributed by atoms with Crippen LogP contribution in [0.15, 0.2) is 40.1 Å². The van der Waals surface area contributed by atoms with Crippen LogP contribution < -0.4 is 5.32 Å². The first-order valence-electron chi connectivity index (χ1n) is 6.34. The highest BCUT2D eigenvalue weighted by atomic mass is 79.9.